The fourth-order valence-corrected chi connectivity index (χ4v) is 1.96. The van der Waals surface area contributed by atoms with Crippen LogP contribution in [-0.4, -0.2) is 28.1 Å². The SMILES string of the molecule is CCCOc1nc(NCC)nc(Nc2ccsc2)n1. The summed E-state index contributed by atoms with van der Waals surface area (Å²) in [5, 5.41) is 10.2. The normalized spacial score (nSPS) is 10.2. The molecule has 6 nitrogen and oxygen atoms in total. The van der Waals surface area contributed by atoms with E-state index in [0.29, 0.717) is 24.5 Å². The summed E-state index contributed by atoms with van der Waals surface area (Å²) in [5.41, 5.74) is 0.958. The standard InChI is InChI=1S/C12H17N5OS/c1-3-6-18-12-16-10(13-4-2)15-11(17-12)14-9-5-7-19-8-9/h5,7-8H,3-4,6H2,1-2H3,(H2,13,14,15,16,17). The van der Waals surface area contributed by atoms with Gasteiger partial charge in [0.05, 0.1) is 12.3 Å². The summed E-state index contributed by atoms with van der Waals surface area (Å²) in [6, 6.07) is 2.30. The molecule has 0 saturated carbocycles. The molecule has 0 aliphatic carbocycles. The molecule has 0 atom stereocenters. The molecule has 0 aromatic carbocycles. The first-order chi connectivity index (χ1) is 9.31. The molecule has 0 aliphatic rings. The highest BCUT2D eigenvalue weighted by Crippen LogP contribution is 2.18. The van der Waals surface area contributed by atoms with Crippen molar-refractivity contribution in [3.05, 3.63) is 16.8 Å². The van der Waals surface area contributed by atoms with E-state index in [4.69, 9.17) is 4.74 Å². The van der Waals surface area contributed by atoms with Gasteiger partial charge < -0.3 is 15.4 Å². The molecule has 0 aliphatic heterocycles. The third-order valence-electron chi connectivity index (χ3n) is 2.16. The molecule has 102 valence electrons. The van der Waals surface area contributed by atoms with Crippen LogP contribution in [0.2, 0.25) is 0 Å². The number of anilines is 3. The van der Waals surface area contributed by atoms with Gasteiger partial charge in [-0.05, 0) is 24.8 Å². The Morgan fingerprint density at radius 1 is 1.21 bits per heavy atom. The van der Waals surface area contributed by atoms with Crippen LogP contribution in [-0.2, 0) is 0 Å². The Balaban J connectivity index is 2.17. The van der Waals surface area contributed by atoms with Crippen LogP contribution < -0.4 is 15.4 Å². The molecular formula is C12H17N5OS. The number of hydrogen-bond donors (Lipinski definition) is 2. The third kappa shape index (κ3) is 4.06. The monoisotopic (exact) mass is 279 g/mol. The Bertz CT molecular complexity index is 503. The zero-order valence-corrected chi connectivity index (χ0v) is 11.8. The summed E-state index contributed by atoms with van der Waals surface area (Å²) >= 11 is 1.61. The quantitative estimate of drug-likeness (QED) is 0.812. The lowest BCUT2D eigenvalue weighted by atomic mass is 10.5. The number of thiophene rings is 1. The Kier molecular flexibility index (Phi) is 4.91. The van der Waals surface area contributed by atoms with Gasteiger partial charge in [0, 0.05) is 11.9 Å². The van der Waals surface area contributed by atoms with Gasteiger partial charge in [-0.3, -0.25) is 0 Å². The molecule has 0 unspecified atom stereocenters. The highest BCUT2D eigenvalue weighted by molar-refractivity contribution is 7.08. The van der Waals surface area contributed by atoms with Gasteiger partial charge in [-0.25, -0.2) is 0 Å². The molecule has 2 N–H and O–H groups in total. The van der Waals surface area contributed by atoms with Gasteiger partial charge in [0.15, 0.2) is 0 Å². The number of rotatable bonds is 7. The number of nitrogens with zero attached hydrogens (tertiary/aromatic N) is 3. The summed E-state index contributed by atoms with van der Waals surface area (Å²) in [6.45, 7) is 5.36. The molecule has 0 saturated heterocycles. The largest absolute Gasteiger partial charge is 0.463 e. The third-order valence-corrected chi connectivity index (χ3v) is 2.85. The zero-order chi connectivity index (χ0) is 13.5. The van der Waals surface area contributed by atoms with E-state index in [0.717, 1.165) is 18.7 Å². The summed E-state index contributed by atoms with van der Waals surface area (Å²) in [7, 11) is 0. The molecule has 2 heterocycles. The molecular weight excluding hydrogens is 262 g/mol. The van der Waals surface area contributed by atoms with Crippen molar-refractivity contribution in [2.45, 2.75) is 20.3 Å². The first-order valence-corrected chi connectivity index (χ1v) is 7.18. The molecule has 2 aromatic rings. The highest BCUT2D eigenvalue weighted by atomic mass is 32.1. The second-order valence-corrected chi connectivity index (χ2v) is 4.56. The van der Waals surface area contributed by atoms with Crippen molar-refractivity contribution in [1.29, 1.82) is 0 Å². The number of ether oxygens (including phenoxy) is 1. The predicted molar refractivity (Wildman–Crippen MR) is 77.4 cm³/mol. The van der Waals surface area contributed by atoms with Crippen LogP contribution in [0.5, 0.6) is 6.01 Å². The number of nitrogens with one attached hydrogen (secondary N) is 2. The Labute approximate surface area is 116 Å². The van der Waals surface area contributed by atoms with Crippen LogP contribution in [0.4, 0.5) is 17.6 Å². The van der Waals surface area contributed by atoms with Crippen LogP contribution in [0.1, 0.15) is 20.3 Å². The van der Waals surface area contributed by atoms with Crippen LogP contribution in [0, 0.1) is 0 Å². The molecule has 0 bridgehead atoms. The van der Waals surface area contributed by atoms with E-state index in [1.54, 1.807) is 11.3 Å². The van der Waals surface area contributed by atoms with E-state index >= 15 is 0 Å². The topological polar surface area (TPSA) is 72.0 Å². The van der Waals surface area contributed by atoms with Gasteiger partial charge in [0.1, 0.15) is 0 Å². The number of aromatic nitrogens is 3. The Hall–Kier alpha value is -1.89. The van der Waals surface area contributed by atoms with Crippen molar-refractivity contribution in [2.24, 2.45) is 0 Å². The van der Waals surface area contributed by atoms with Crippen molar-refractivity contribution < 1.29 is 4.74 Å². The molecule has 19 heavy (non-hydrogen) atoms. The van der Waals surface area contributed by atoms with Crippen LogP contribution in [0.15, 0.2) is 16.8 Å². The molecule has 2 rings (SSSR count). The summed E-state index contributed by atoms with van der Waals surface area (Å²) in [5.74, 6) is 0.997. The molecule has 0 fully saturated rings. The minimum absolute atomic E-state index is 0.338. The lowest BCUT2D eigenvalue weighted by molar-refractivity contribution is 0.292. The van der Waals surface area contributed by atoms with Gasteiger partial charge in [0.25, 0.3) is 0 Å². The fourth-order valence-electron chi connectivity index (χ4n) is 1.37. The van der Waals surface area contributed by atoms with Crippen LogP contribution in [0.3, 0.4) is 0 Å². The summed E-state index contributed by atoms with van der Waals surface area (Å²) in [6.07, 6.45) is 0.912. The molecule has 0 amide bonds. The Morgan fingerprint density at radius 3 is 2.74 bits per heavy atom. The van der Waals surface area contributed by atoms with Gasteiger partial charge >= 0.3 is 6.01 Å². The van der Waals surface area contributed by atoms with Gasteiger partial charge in [-0.2, -0.15) is 26.3 Å². The zero-order valence-electron chi connectivity index (χ0n) is 11.0. The lowest BCUT2D eigenvalue weighted by Gasteiger charge is -2.08. The second kappa shape index (κ2) is 6.89. The van der Waals surface area contributed by atoms with Crippen molar-refractivity contribution in [2.75, 3.05) is 23.8 Å². The minimum atomic E-state index is 0.338. The van der Waals surface area contributed by atoms with E-state index in [2.05, 4.69) is 25.6 Å². The highest BCUT2D eigenvalue weighted by Gasteiger charge is 2.07. The average molecular weight is 279 g/mol. The van der Waals surface area contributed by atoms with Gasteiger partial charge in [-0.15, -0.1) is 0 Å². The molecule has 2 aromatic heterocycles. The van der Waals surface area contributed by atoms with E-state index in [1.165, 1.54) is 0 Å². The second-order valence-electron chi connectivity index (χ2n) is 3.78. The predicted octanol–water partition coefficient (Wildman–Crippen LogP) is 2.90. The lowest BCUT2D eigenvalue weighted by Crippen LogP contribution is -2.09. The summed E-state index contributed by atoms with van der Waals surface area (Å²) < 4.78 is 5.46. The minimum Gasteiger partial charge on any atom is -0.463 e. The molecule has 0 radical (unpaired) electrons. The number of hydrogen-bond acceptors (Lipinski definition) is 7. The Morgan fingerprint density at radius 2 is 2.05 bits per heavy atom. The van der Waals surface area contributed by atoms with E-state index in [-0.39, 0.29) is 0 Å². The maximum Gasteiger partial charge on any atom is 0.323 e. The van der Waals surface area contributed by atoms with Crippen LogP contribution >= 0.6 is 11.3 Å². The molecule has 0 spiro atoms. The van der Waals surface area contributed by atoms with Gasteiger partial charge in [-0.1, -0.05) is 6.92 Å². The summed E-state index contributed by atoms with van der Waals surface area (Å²) in [4.78, 5) is 12.7. The van der Waals surface area contributed by atoms with E-state index in [9.17, 15) is 0 Å². The van der Waals surface area contributed by atoms with Crippen LogP contribution in [0.25, 0.3) is 0 Å². The maximum atomic E-state index is 5.46. The van der Waals surface area contributed by atoms with Crippen molar-refractivity contribution >= 4 is 28.9 Å². The average Bonchev–Trinajstić information content (AvgIpc) is 2.89. The van der Waals surface area contributed by atoms with Crippen molar-refractivity contribution in [3.63, 3.8) is 0 Å². The van der Waals surface area contributed by atoms with Crippen molar-refractivity contribution in [1.82, 2.24) is 15.0 Å². The molecule has 7 heteroatoms. The van der Waals surface area contributed by atoms with Gasteiger partial charge in [0.2, 0.25) is 11.9 Å². The van der Waals surface area contributed by atoms with E-state index in [1.807, 2.05) is 30.7 Å². The fraction of sp³-hybridized carbons (Fsp3) is 0.417. The smallest absolute Gasteiger partial charge is 0.323 e. The first kappa shape index (κ1) is 13.5. The van der Waals surface area contributed by atoms with Crippen molar-refractivity contribution in [3.8, 4) is 6.01 Å². The maximum absolute atomic E-state index is 5.46. The van der Waals surface area contributed by atoms with E-state index < -0.39 is 0 Å². The first-order valence-electron chi connectivity index (χ1n) is 6.23.